The van der Waals surface area contributed by atoms with Crippen LogP contribution in [0.3, 0.4) is 0 Å². The maximum atomic E-state index is 13.1. The van der Waals surface area contributed by atoms with Gasteiger partial charge in [-0.1, -0.05) is 35.7 Å². The number of rotatable bonds is 2. The Kier molecular flexibility index (Phi) is 4.43. The molecule has 1 amide bonds. The Morgan fingerprint density at radius 3 is 2.57 bits per heavy atom. The number of hydrogen-bond acceptors (Lipinski definition) is 2. The molecule has 0 radical (unpaired) electrons. The second kappa shape index (κ2) is 6.15. The summed E-state index contributed by atoms with van der Waals surface area (Å²) in [4.78, 5) is 15.1. The molecule has 0 aromatic heterocycles. The van der Waals surface area contributed by atoms with Crippen LogP contribution in [0.4, 0.5) is 0 Å². The van der Waals surface area contributed by atoms with E-state index >= 15 is 0 Å². The van der Waals surface area contributed by atoms with Gasteiger partial charge in [0.1, 0.15) is 0 Å². The van der Waals surface area contributed by atoms with Gasteiger partial charge in [0, 0.05) is 19.6 Å². The zero-order valence-electron chi connectivity index (χ0n) is 12.0. The van der Waals surface area contributed by atoms with Crippen LogP contribution in [0.1, 0.15) is 31.2 Å². The number of halogens is 2. The SMILES string of the molecule is O=C(N1CCCNCC1)C1(c2ccc(Cl)c(Cl)c2)CCC1. The molecular formula is C16H20Cl2N2O. The number of nitrogens with one attached hydrogen (secondary N) is 1. The molecule has 1 N–H and O–H groups in total. The van der Waals surface area contributed by atoms with E-state index < -0.39 is 0 Å². The van der Waals surface area contributed by atoms with Gasteiger partial charge in [-0.3, -0.25) is 4.79 Å². The predicted octanol–water partition coefficient (Wildman–Crippen LogP) is 3.24. The Morgan fingerprint density at radius 2 is 1.90 bits per heavy atom. The fourth-order valence-electron chi connectivity index (χ4n) is 3.30. The monoisotopic (exact) mass is 326 g/mol. The van der Waals surface area contributed by atoms with E-state index in [1.54, 1.807) is 6.07 Å². The van der Waals surface area contributed by atoms with Gasteiger partial charge in [0.25, 0.3) is 0 Å². The van der Waals surface area contributed by atoms with E-state index in [1.165, 1.54) is 0 Å². The lowest BCUT2D eigenvalue weighted by molar-refractivity contribution is -0.140. The summed E-state index contributed by atoms with van der Waals surface area (Å²) >= 11 is 12.2. The zero-order chi connectivity index (χ0) is 14.9. The topological polar surface area (TPSA) is 32.3 Å². The number of benzene rings is 1. The zero-order valence-corrected chi connectivity index (χ0v) is 13.5. The third-order valence-corrected chi connectivity index (χ3v) is 5.46. The molecule has 0 unspecified atom stereocenters. The van der Waals surface area contributed by atoms with Gasteiger partial charge in [-0.15, -0.1) is 0 Å². The molecule has 1 saturated carbocycles. The van der Waals surface area contributed by atoms with Crippen molar-refractivity contribution < 1.29 is 4.79 Å². The largest absolute Gasteiger partial charge is 0.341 e. The number of carbonyl (C=O) groups excluding carboxylic acids is 1. The molecule has 1 heterocycles. The second-order valence-electron chi connectivity index (χ2n) is 5.96. The Labute approximate surface area is 135 Å². The van der Waals surface area contributed by atoms with Gasteiger partial charge < -0.3 is 10.2 Å². The van der Waals surface area contributed by atoms with Crippen molar-refractivity contribution in [1.82, 2.24) is 10.2 Å². The number of hydrogen-bond donors (Lipinski definition) is 1. The molecule has 1 aliphatic heterocycles. The Morgan fingerprint density at radius 1 is 1.10 bits per heavy atom. The van der Waals surface area contributed by atoms with Crippen LogP contribution in [-0.2, 0) is 10.2 Å². The standard InChI is InChI=1S/C16H20Cl2N2O/c17-13-4-3-12(11-14(13)18)16(5-1-6-16)15(21)20-9-2-7-19-8-10-20/h3-4,11,19H,1-2,5-10H2. The number of carbonyl (C=O) groups is 1. The molecule has 1 aliphatic carbocycles. The fourth-order valence-corrected chi connectivity index (χ4v) is 3.60. The molecule has 1 aromatic carbocycles. The quantitative estimate of drug-likeness (QED) is 0.904. The average molecular weight is 327 g/mol. The molecule has 2 fully saturated rings. The highest BCUT2D eigenvalue weighted by molar-refractivity contribution is 6.42. The summed E-state index contributed by atoms with van der Waals surface area (Å²) in [7, 11) is 0. The van der Waals surface area contributed by atoms with Crippen LogP contribution in [0.15, 0.2) is 18.2 Å². The van der Waals surface area contributed by atoms with Gasteiger partial charge in [0.15, 0.2) is 0 Å². The van der Waals surface area contributed by atoms with Crippen LogP contribution >= 0.6 is 23.2 Å². The minimum atomic E-state index is -0.376. The molecule has 3 rings (SSSR count). The lowest BCUT2D eigenvalue weighted by Crippen LogP contribution is -2.51. The van der Waals surface area contributed by atoms with E-state index in [4.69, 9.17) is 23.2 Å². The molecule has 5 heteroatoms. The maximum absolute atomic E-state index is 13.1. The van der Waals surface area contributed by atoms with E-state index in [0.717, 1.165) is 57.4 Å². The minimum Gasteiger partial charge on any atom is -0.341 e. The Balaban J connectivity index is 1.88. The second-order valence-corrected chi connectivity index (χ2v) is 6.77. The van der Waals surface area contributed by atoms with Crippen molar-refractivity contribution in [3.63, 3.8) is 0 Å². The number of amides is 1. The van der Waals surface area contributed by atoms with Crippen molar-refractivity contribution >= 4 is 29.1 Å². The van der Waals surface area contributed by atoms with Gasteiger partial charge in [0.2, 0.25) is 5.91 Å². The first-order valence-corrected chi connectivity index (χ1v) is 8.35. The van der Waals surface area contributed by atoms with Gasteiger partial charge in [0.05, 0.1) is 15.5 Å². The van der Waals surface area contributed by atoms with E-state index in [0.29, 0.717) is 10.0 Å². The average Bonchev–Trinajstić information content (AvgIpc) is 2.70. The van der Waals surface area contributed by atoms with Gasteiger partial charge in [-0.2, -0.15) is 0 Å². The summed E-state index contributed by atoms with van der Waals surface area (Å²) in [6.07, 6.45) is 3.93. The minimum absolute atomic E-state index is 0.260. The lowest BCUT2D eigenvalue weighted by Gasteiger charge is -2.44. The predicted molar refractivity (Wildman–Crippen MR) is 86.1 cm³/mol. The summed E-state index contributed by atoms with van der Waals surface area (Å²) in [6, 6.07) is 5.63. The smallest absolute Gasteiger partial charge is 0.233 e. The molecular weight excluding hydrogens is 307 g/mol. The van der Waals surface area contributed by atoms with E-state index in [-0.39, 0.29) is 11.3 Å². The van der Waals surface area contributed by atoms with Gasteiger partial charge in [-0.05, 0) is 43.5 Å². The summed E-state index contributed by atoms with van der Waals surface area (Å²) in [5.41, 5.74) is 0.642. The van der Waals surface area contributed by atoms with Crippen LogP contribution in [0.2, 0.25) is 10.0 Å². The highest BCUT2D eigenvalue weighted by atomic mass is 35.5. The van der Waals surface area contributed by atoms with E-state index in [1.807, 2.05) is 17.0 Å². The van der Waals surface area contributed by atoms with Crippen molar-refractivity contribution in [2.24, 2.45) is 0 Å². The first kappa shape index (κ1) is 15.1. The third-order valence-electron chi connectivity index (χ3n) is 4.72. The molecule has 0 bridgehead atoms. The fraction of sp³-hybridized carbons (Fsp3) is 0.562. The molecule has 1 saturated heterocycles. The van der Waals surface area contributed by atoms with Crippen LogP contribution in [-0.4, -0.2) is 37.0 Å². The molecule has 0 atom stereocenters. The normalized spacial score (nSPS) is 21.5. The van der Waals surface area contributed by atoms with Crippen LogP contribution in [0.5, 0.6) is 0 Å². The van der Waals surface area contributed by atoms with Crippen LogP contribution < -0.4 is 5.32 Å². The molecule has 2 aliphatic rings. The van der Waals surface area contributed by atoms with Crippen LogP contribution in [0, 0.1) is 0 Å². The summed E-state index contributed by atoms with van der Waals surface area (Å²) in [5, 5.41) is 4.42. The molecule has 3 nitrogen and oxygen atoms in total. The molecule has 114 valence electrons. The molecule has 0 spiro atoms. The highest BCUT2D eigenvalue weighted by Crippen LogP contribution is 2.46. The van der Waals surface area contributed by atoms with Crippen molar-refractivity contribution in [3.8, 4) is 0 Å². The summed E-state index contributed by atoms with van der Waals surface area (Å²) < 4.78 is 0. The molecule has 1 aromatic rings. The van der Waals surface area contributed by atoms with Crippen molar-refractivity contribution in [2.75, 3.05) is 26.2 Å². The van der Waals surface area contributed by atoms with Gasteiger partial charge in [-0.25, -0.2) is 0 Å². The van der Waals surface area contributed by atoms with Crippen molar-refractivity contribution in [3.05, 3.63) is 33.8 Å². The Hall–Kier alpha value is -0.770. The Bertz CT molecular complexity index is 535. The first-order chi connectivity index (χ1) is 10.1. The highest BCUT2D eigenvalue weighted by Gasteiger charge is 2.47. The summed E-state index contributed by atoms with van der Waals surface area (Å²) in [5.74, 6) is 0.260. The van der Waals surface area contributed by atoms with Crippen molar-refractivity contribution in [2.45, 2.75) is 31.1 Å². The summed E-state index contributed by atoms with van der Waals surface area (Å²) in [6.45, 7) is 3.50. The van der Waals surface area contributed by atoms with Crippen LogP contribution in [0.25, 0.3) is 0 Å². The first-order valence-electron chi connectivity index (χ1n) is 7.59. The lowest BCUT2D eigenvalue weighted by atomic mass is 9.63. The van der Waals surface area contributed by atoms with Crippen molar-refractivity contribution in [1.29, 1.82) is 0 Å². The molecule has 21 heavy (non-hydrogen) atoms. The maximum Gasteiger partial charge on any atom is 0.233 e. The number of nitrogens with zero attached hydrogens (tertiary/aromatic N) is 1. The van der Waals surface area contributed by atoms with Gasteiger partial charge >= 0.3 is 0 Å². The van der Waals surface area contributed by atoms with E-state index in [9.17, 15) is 4.79 Å². The van der Waals surface area contributed by atoms with E-state index in [2.05, 4.69) is 5.32 Å². The third kappa shape index (κ3) is 2.79.